The van der Waals surface area contributed by atoms with Crippen molar-refractivity contribution >= 4 is 24.0 Å². The molecule has 0 saturated heterocycles. The molecule has 0 saturated carbocycles. The topological polar surface area (TPSA) is 59.4 Å². The number of hydrogen-bond acceptors (Lipinski definition) is 3. The molecule has 1 aromatic rings. The van der Waals surface area contributed by atoms with Crippen LogP contribution in [-0.2, 0) is 0 Å². The molecule has 1 aromatic heterocycles. The van der Waals surface area contributed by atoms with Crippen LogP contribution >= 0.6 is 24.0 Å². The molecule has 0 aliphatic heterocycles. The molecule has 1 rings (SSSR count). The second kappa shape index (κ2) is 5.43. The predicted octanol–water partition coefficient (Wildman–Crippen LogP) is 1.74. The molecule has 3 nitrogen and oxygen atoms in total. The molecule has 1 unspecified atom stereocenters. The van der Waals surface area contributed by atoms with E-state index in [4.69, 9.17) is 26.9 Å². The van der Waals surface area contributed by atoms with Crippen LogP contribution in [-0.4, -0.2) is 11.7 Å². The lowest BCUT2D eigenvalue weighted by molar-refractivity contribution is 0.269. The minimum Gasteiger partial charge on any atom is -0.448 e. The Labute approximate surface area is 81.9 Å². The van der Waals surface area contributed by atoms with Gasteiger partial charge in [-0.15, -0.1) is 12.4 Å². The monoisotopic (exact) mass is 211 g/mol. The average molecular weight is 212 g/mol. The van der Waals surface area contributed by atoms with E-state index in [0.717, 1.165) is 0 Å². The number of nitrogens with two attached hydrogens (primary N) is 1. The van der Waals surface area contributed by atoms with Crippen LogP contribution in [0.1, 0.15) is 18.2 Å². The van der Waals surface area contributed by atoms with Crippen LogP contribution in [0.5, 0.6) is 0 Å². The fourth-order valence-electron chi connectivity index (χ4n) is 0.809. The minimum atomic E-state index is -0.257. The van der Waals surface area contributed by atoms with Crippen molar-refractivity contribution in [2.24, 2.45) is 5.73 Å². The maximum Gasteiger partial charge on any atom is 0.193 e. The standard InChI is InChI=1S/C7H10ClNO2.ClH/c8-7-2-1-6(11-7)5(9)3-4-10;/h1-2,5,10H,3-4,9H2;1H. The first-order chi connectivity index (χ1) is 5.24. The van der Waals surface area contributed by atoms with E-state index < -0.39 is 0 Å². The van der Waals surface area contributed by atoms with Crippen molar-refractivity contribution < 1.29 is 9.52 Å². The van der Waals surface area contributed by atoms with Crippen molar-refractivity contribution in [3.63, 3.8) is 0 Å². The Kier molecular flexibility index (Phi) is 5.33. The summed E-state index contributed by atoms with van der Waals surface area (Å²) in [6.07, 6.45) is 0.490. The lowest BCUT2D eigenvalue weighted by Crippen LogP contribution is -2.10. The second-order valence-corrected chi connectivity index (χ2v) is 2.63. The molecule has 1 atom stereocenters. The zero-order chi connectivity index (χ0) is 8.27. The number of halogens is 2. The Hall–Kier alpha value is -0.220. The number of hydrogen-bond donors (Lipinski definition) is 2. The molecule has 1 heterocycles. The summed E-state index contributed by atoms with van der Waals surface area (Å²) in [6.45, 7) is 0.0550. The van der Waals surface area contributed by atoms with Crippen LogP contribution in [0, 0.1) is 0 Å². The van der Waals surface area contributed by atoms with Crippen LogP contribution < -0.4 is 5.73 Å². The molecule has 12 heavy (non-hydrogen) atoms. The summed E-state index contributed by atoms with van der Waals surface area (Å²) >= 11 is 5.52. The van der Waals surface area contributed by atoms with Gasteiger partial charge in [0.15, 0.2) is 5.22 Å². The zero-order valence-electron chi connectivity index (χ0n) is 6.37. The summed E-state index contributed by atoms with van der Waals surface area (Å²) in [4.78, 5) is 0. The Bertz CT molecular complexity index is 227. The third kappa shape index (κ3) is 3.03. The van der Waals surface area contributed by atoms with Gasteiger partial charge in [0.2, 0.25) is 0 Å². The molecular formula is C7H11Cl2NO2. The molecule has 0 aliphatic carbocycles. The van der Waals surface area contributed by atoms with Crippen molar-refractivity contribution in [3.8, 4) is 0 Å². The van der Waals surface area contributed by atoms with E-state index in [1.54, 1.807) is 12.1 Å². The van der Waals surface area contributed by atoms with Crippen LogP contribution in [0.15, 0.2) is 16.5 Å². The van der Waals surface area contributed by atoms with Crippen molar-refractivity contribution in [2.75, 3.05) is 6.61 Å². The molecule has 5 heteroatoms. The SMILES string of the molecule is Cl.NC(CCO)c1ccc(Cl)o1. The van der Waals surface area contributed by atoms with E-state index >= 15 is 0 Å². The highest BCUT2D eigenvalue weighted by molar-refractivity contribution is 6.28. The summed E-state index contributed by atoms with van der Waals surface area (Å²) in [5, 5.41) is 8.88. The van der Waals surface area contributed by atoms with Gasteiger partial charge in [0, 0.05) is 6.61 Å². The second-order valence-electron chi connectivity index (χ2n) is 2.26. The largest absolute Gasteiger partial charge is 0.448 e. The van der Waals surface area contributed by atoms with Gasteiger partial charge >= 0.3 is 0 Å². The van der Waals surface area contributed by atoms with E-state index in [2.05, 4.69) is 0 Å². The van der Waals surface area contributed by atoms with Crippen LogP contribution in [0.2, 0.25) is 5.22 Å². The Morgan fingerprint density at radius 2 is 2.25 bits per heavy atom. The number of aliphatic hydroxyl groups is 1. The lowest BCUT2D eigenvalue weighted by Gasteiger charge is -2.04. The van der Waals surface area contributed by atoms with Gasteiger partial charge in [-0.3, -0.25) is 0 Å². The van der Waals surface area contributed by atoms with Gasteiger partial charge < -0.3 is 15.3 Å². The van der Waals surface area contributed by atoms with Crippen molar-refractivity contribution in [1.82, 2.24) is 0 Å². The normalized spacial score (nSPS) is 12.2. The highest BCUT2D eigenvalue weighted by Gasteiger charge is 2.08. The van der Waals surface area contributed by atoms with Gasteiger partial charge in [-0.2, -0.15) is 0 Å². The van der Waals surface area contributed by atoms with Crippen LogP contribution in [0.4, 0.5) is 0 Å². The Balaban J connectivity index is 0.00000121. The maximum absolute atomic E-state index is 8.55. The predicted molar refractivity (Wildman–Crippen MR) is 49.6 cm³/mol. The van der Waals surface area contributed by atoms with E-state index in [9.17, 15) is 0 Å². The maximum atomic E-state index is 8.55. The highest BCUT2D eigenvalue weighted by Crippen LogP contribution is 2.19. The van der Waals surface area contributed by atoms with Gasteiger partial charge in [0.05, 0.1) is 6.04 Å². The number of furan rings is 1. The highest BCUT2D eigenvalue weighted by atomic mass is 35.5. The average Bonchev–Trinajstić information content (AvgIpc) is 2.36. The third-order valence-electron chi connectivity index (χ3n) is 1.40. The Morgan fingerprint density at radius 1 is 1.58 bits per heavy atom. The van der Waals surface area contributed by atoms with Gasteiger partial charge in [0.1, 0.15) is 5.76 Å². The number of rotatable bonds is 3. The van der Waals surface area contributed by atoms with Gasteiger partial charge in [0.25, 0.3) is 0 Å². The van der Waals surface area contributed by atoms with E-state index in [-0.39, 0.29) is 25.1 Å². The fourth-order valence-corrected chi connectivity index (χ4v) is 0.961. The fraction of sp³-hybridized carbons (Fsp3) is 0.429. The summed E-state index contributed by atoms with van der Waals surface area (Å²) in [5.41, 5.74) is 5.61. The molecule has 0 fully saturated rings. The summed E-state index contributed by atoms with van der Waals surface area (Å²) in [7, 11) is 0. The minimum absolute atomic E-state index is 0. The molecule has 0 amide bonds. The van der Waals surface area contributed by atoms with E-state index in [1.165, 1.54) is 0 Å². The van der Waals surface area contributed by atoms with Crippen LogP contribution in [0.25, 0.3) is 0 Å². The number of aliphatic hydroxyl groups excluding tert-OH is 1. The molecule has 0 aromatic carbocycles. The molecule has 70 valence electrons. The van der Waals surface area contributed by atoms with Crippen LogP contribution in [0.3, 0.4) is 0 Å². The summed E-state index contributed by atoms with van der Waals surface area (Å²) in [6, 6.07) is 3.09. The molecule has 0 aliphatic rings. The molecule has 0 bridgehead atoms. The third-order valence-corrected chi connectivity index (χ3v) is 1.60. The summed E-state index contributed by atoms with van der Waals surface area (Å²) in [5.74, 6) is 0.615. The first-order valence-corrected chi connectivity index (χ1v) is 3.73. The quantitative estimate of drug-likeness (QED) is 0.802. The molecule has 0 radical (unpaired) electrons. The lowest BCUT2D eigenvalue weighted by atomic mass is 10.2. The first-order valence-electron chi connectivity index (χ1n) is 3.35. The molecule has 3 N–H and O–H groups in total. The van der Waals surface area contributed by atoms with Gasteiger partial charge in [-0.25, -0.2) is 0 Å². The van der Waals surface area contributed by atoms with Crippen molar-refractivity contribution in [3.05, 3.63) is 23.1 Å². The summed E-state index contributed by atoms with van der Waals surface area (Å²) < 4.78 is 5.03. The zero-order valence-corrected chi connectivity index (χ0v) is 7.94. The van der Waals surface area contributed by atoms with Crippen molar-refractivity contribution in [2.45, 2.75) is 12.5 Å². The van der Waals surface area contributed by atoms with E-state index in [1.807, 2.05) is 0 Å². The van der Waals surface area contributed by atoms with Crippen molar-refractivity contribution in [1.29, 1.82) is 0 Å². The molecular weight excluding hydrogens is 201 g/mol. The first kappa shape index (κ1) is 11.8. The Morgan fingerprint density at radius 3 is 2.67 bits per heavy atom. The smallest absolute Gasteiger partial charge is 0.193 e. The van der Waals surface area contributed by atoms with Gasteiger partial charge in [-0.1, -0.05) is 0 Å². The van der Waals surface area contributed by atoms with Gasteiger partial charge in [-0.05, 0) is 30.2 Å². The molecule has 0 spiro atoms. The van der Waals surface area contributed by atoms with E-state index in [0.29, 0.717) is 17.4 Å².